The van der Waals surface area contributed by atoms with E-state index < -0.39 is 0 Å². The number of aromatic nitrogens is 1. The number of rotatable bonds is 4. The van der Waals surface area contributed by atoms with Crippen molar-refractivity contribution in [2.45, 2.75) is 64.3 Å². The van der Waals surface area contributed by atoms with Gasteiger partial charge in [0.1, 0.15) is 0 Å². The number of carbonyl (C=O) groups excluding carboxylic acids is 1. The van der Waals surface area contributed by atoms with Gasteiger partial charge in [0, 0.05) is 10.9 Å². The fourth-order valence-electron chi connectivity index (χ4n) is 2.59. The Morgan fingerprint density at radius 2 is 2.22 bits per heavy atom. The van der Waals surface area contributed by atoms with Crippen LogP contribution in [0.15, 0.2) is 5.51 Å². The molecule has 1 aliphatic carbocycles. The Balaban J connectivity index is 1.95. The van der Waals surface area contributed by atoms with Crippen LogP contribution in [-0.4, -0.2) is 16.9 Å². The highest BCUT2D eigenvalue weighted by Gasteiger charge is 2.23. The molecule has 1 amide bonds. The lowest BCUT2D eigenvalue weighted by Gasteiger charge is -2.24. The van der Waals surface area contributed by atoms with E-state index in [0.717, 1.165) is 29.8 Å². The number of nitrogens with zero attached hydrogens (tertiary/aromatic N) is 1. The van der Waals surface area contributed by atoms with Crippen molar-refractivity contribution in [1.82, 2.24) is 10.3 Å². The Labute approximate surface area is 113 Å². The first-order valence-corrected chi connectivity index (χ1v) is 7.83. The van der Waals surface area contributed by atoms with Gasteiger partial charge in [-0.15, -0.1) is 11.3 Å². The lowest BCUT2D eigenvalue weighted by molar-refractivity contribution is -0.123. The Kier molecular flexibility index (Phi) is 4.75. The third kappa shape index (κ3) is 3.10. The quantitative estimate of drug-likeness (QED) is 0.909. The van der Waals surface area contributed by atoms with Crippen molar-refractivity contribution in [2.75, 3.05) is 0 Å². The van der Waals surface area contributed by atoms with Crippen LogP contribution in [0.25, 0.3) is 0 Å². The Morgan fingerprint density at radius 1 is 1.50 bits per heavy atom. The van der Waals surface area contributed by atoms with Gasteiger partial charge in [-0.2, -0.15) is 0 Å². The van der Waals surface area contributed by atoms with E-state index in [1.165, 1.54) is 19.3 Å². The molecule has 4 heteroatoms. The first kappa shape index (κ1) is 13.5. The number of nitrogens with one attached hydrogen (secondary N) is 1. The van der Waals surface area contributed by atoms with Gasteiger partial charge in [-0.05, 0) is 26.2 Å². The summed E-state index contributed by atoms with van der Waals surface area (Å²) in [6, 6.07) is 0.395. The van der Waals surface area contributed by atoms with Crippen molar-refractivity contribution in [1.29, 1.82) is 0 Å². The summed E-state index contributed by atoms with van der Waals surface area (Å²) in [5.41, 5.74) is 2.92. The molecule has 1 saturated carbocycles. The van der Waals surface area contributed by atoms with E-state index in [1.54, 1.807) is 11.3 Å². The number of hydrogen-bond acceptors (Lipinski definition) is 3. The van der Waals surface area contributed by atoms with Crippen molar-refractivity contribution in [2.24, 2.45) is 0 Å². The molecule has 1 aliphatic rings. The minimum absolute atomic E-state index is 0.0608. The van der Waals surface area contributed by atoms with Crippen LogP contribution in [0.5, 0.6) is 0 Å². The van der Waals surface area contributed by atoms with Gasteiger partial charge in [-0.3, -0.25) is 4.79 Å². The number of carbonyl (C=O) groups is 1. The van der Waals surface area contributed by atoms with Gasteiger partial charge < -0.3 is 5.32 Å². The van der Waals surface area contributed by atoms with E-state index in [4.69, 9.17) is 0 Å². The number of thiazole rings is 1. The lowest BCUT2D eigenvalue weighted by Crippen LogP contribution is -2.38. The molecule has 3 nitrogen and oxygen atoms in total. The molecule has 0 bridgehead atoms. The summed E-state index contributed by atoms with van der Waals surface area (Å²) < 4.78 is 0. The summed E-state index contributed by atoms with van der Waals surface area (Å²) in [5.74, 6) is 0.107. The van der Waals surface area contributed by atoms with E-state index in [-0.39, 0.29) is 11.8 Å². The minimum atomic E-state index is -0.0608. The number of aryl methyl sites for hydroxylation is 1. The maximum absolute atomic E-state index is 12.2. The third-order valence-electron chi connectivity index (χ3n) is 3.75. The molecular formula is C14H22N2OS. The highest BCUT2D eigenvalue weighted by molar-refractivity contribution is 7.10. The highest BCUT2D eigenvalue weighted by atomic mass is 32.1. The van der Waals surface area contributed by atoms with Gasteiger partial charge in [0.2, 0.25) is 5.91 Å². The zero-order valence-corrected chi connectivity index (χ0v) is 12.1. The molecule has 1 N–H and O–H groups in total. The van der Waals surface area contributed by atoms with Crippen molar-refractivity contribution >= 4 is 17.2 Å². The zero-order valence-electron chi connectivity index (χ0n) is 11.2. The smallest absolute Gasteiger partial charge is 0.228 e. The first-order chi connectivity index (χ1) is 8.72. The molecule has 1 fully saturated rings. The standard InChI is InChI=1S/C14H22N2OS/c1-3-12-13(18-9-15-12)10(2)14(17)16-11-7-5-4-6-8-11/h9-11H,3-8H2,1-2H3,(H,16,17). The van der Waals surface area contributed by atoms with Crippen LogP contribution < -0.4 is 5.32 Å². The molecule has 100 valence electrons. The van der Waals surface area contributed by atoms with Gasteiger partial charge in [0.05, 0.1) is 17.1 Å². The van der Waals surface area contributed by atoms with Crippen molar-refractivity contribution in [3.63, 3.8) is 0 Å². The first-order valence-electron chi connectivity index (χ1n) is 6.95. The molecule has 1 heterocycles. The molecular weight excluding hydrogens is 244 g/mol. The molecule has 0 saturated heterocycles. The van der Waals surface area contributed by atoms with E-state index in [0.29, 0.717) is 6.04 Å². The average molecular weight is 266 g/mol. The maximum atomic E-state index is 12.2. The maximum Gasteiger partial charge on any atom is 0.228 e. The summed E-state index contributed by atoms with van der Waals surface area (Å²) in [4.78, 5) is 17.7. The fourth-order valence-corrected chi connectivity index (χ4v) is 3.53. The number of hydrogen-bond donors (Lipinski definition) is 1. The summed E-state index contributed by atoms with van der Waals surface area (Å²) in [7, 11) is 0. The molecule has 2 rings (SSSR count). The summed E-state index contributed by atoms with van der Waals surface area (Å²) in [5, 5.41) is 3.20. The molecule has 0 radical (unpaired) electrons. The molecule has 0 spiro atoms. The van der Waals surface area contributed by atoms with Crippen LogP contribution in [-0.2, 0) is 11.2 Å². The van der Waals surface area contributed by atoms with E-state index in [9.17, 15) is 4.79 Å². The topological polar surface area (TPSA) is 42.0 Å². The zero-order chi connectivity index (χ0) is 13.0. The predicted octanol–water partition coefficient (Wildman–Crippen LogP) is 3.26. The highest BCUT2D eigenvalue weighted by Crippen LogP contribution is 2.25. The molecule has 18 heavy (non-hydrogen) atoms. The Hall–Kier alpha value is -0.900. The van der Waals surface area contributed by atoms with Crippen molar-refractivity contribution < 1.29 is 4.79 Å². The van der Waals surface area contributed by atoms with Crippen molar-refractivity contribution in [3.8, 4) is 0 Å². The Morgan fingerprint density at radius 3 is 2.89 bits per heavy atom. The molecule has 1 atom stereocenters. The Bertz CT molecular complexity index is 396. The van der Waals surface area contributed by atoms with Crippen LogP contribution in [0.2, 0.25) is 0 Å². The second-order valence-electron chi connectivity index (χ2n) is 5.08. The number of amides is 1. The molecule has 1 aromatic heterocycles. The van der Waals surface area contributed by atoms with Crippen LogP contribution in [0.3, 0.4) is 0 Å². The normalized spacial score (nSPS) is 18.6. The molecule has 1 unspecified atom stereocenters. The second-order valence-corrected chi connectivity index (χ2v) is 5.97. The van der Waals surface area contributed by atoms with Gasteiger partial charge in [-0.25, -0.2) is 4.98 Å². The van der Waals surface area contributed by atoms with Gasteiger partial charge >= 0.3 is 0 Å². The average Bonchev–Trinajstić information content (AvgIpc) is 2.87. The van der Waals surface area contributed by atoms with E-state index >= 15 is 0 Å². The molecule has 0 aliphatic heterocycles. The van der Waals surface area contributed by atoms with Gasteiger partial charge in [0.25, 0.3) is 0 Å². The SMILES string of the molecule is CCc1ncsc1C(C)C(=O)NC1CCCCC1. The summed E-state index contributed by atoms with van der Waals surface area (Å²) in [6.07, 6.45) is 7.00. The summed E-state index contributed by atoms with van der Waals surface area (Å²) in [6.45, 7) is 4.08. The largest absolute Gasteiger partial charge is 0.353 e. The summed E-state index contributed by atoms with van der Waals surface area (Å²) >= 11 is 1.60. The van der Waals surface area contributed by atoms with Gasteiger partial charge in [0.15, 0.2) is 0 Å². The second kappa shape index (κ2) is 6.32. The predicted molar refractivity (Wildman–Crippen MR) is 74.9 cm³/mol. The van der Waals surface area contributed by atoms with E-state index in [1.807, 2.05) is 12.4 Å². The third-order valence-corrected chi connectivity index (χ3v) is 4.80. The lowest BCUT2D eigenvalue weighted by atomic mass is 9.95. The minimum Gasteiger partial charge on any atom is -0.353 e. The molecule has 1 aromatic rings. The van der Waals surface area contributed by atoms with E-state index in [2.05, 4.69) is 17.2 Å². The monoisotopic (exact) mass is 266 g/mol. The van der Waals surface area contributed by atoms with Crippen molar-refractivity contribution in [3.05, 3.63) is 16.1 Å². The van der Waals surface area contributed by atoms with Crippen LogP contribution in [0.4, 0.5) is 0 Å². The van der Waals surface area contributed by atoms with Gasteiger partial charge in [-0.1, -0.05) is 26.2 Å². The molecule has 0 aromatic carbocycles. The van der Waals surface area contributed by atoms with Crippen LogP contribution in [0.1, 0.15) is 62.4 Å². The fraction of sp³-hybridized carbons (Fsp3) is 0.714. The van der Waals surface area contributed by atoms with Crippen LogP contribution >= 0.6 is 11.3 Å². The van der Waals surface area contributed by atoms with Crippen LogP contribution in [0, 0.1) is 0 Å².